The minimum Gasteiger partial charge on any atom is -0.352 e. The Morgan fingerprint density at radius 2 is 2.08 bits per heavy atom. The number of carbonyl (C=O) groups is 1. The number of hydrogen-bond donors (Lipinski definition) is 1. The average Bonchev–Trinajstić information content (AvgIpc) is 3.18. The van der Waals surface area contributed by atoms with Crippen molar-refractivity contribution in [3.63, 3.8) is 0 Å². The van der Waals surface area contributed by atoms with Crippen LogP contribution in [0.5, 0.6) is 0 Å². The highest BCUT2D eigenvalue weighted by Crippen LogP contribution is 2.27. The van der Waals surface area contributed by atoms with Gasteiger partial charge in [0.1, 0.15) is 5.82 Å². The van der Waals surface area contributed by atoms with Crippen molar-refractivity contribution >= 4 is 11.6 Å². The van der Waals surface area contributed by atoms with Crippen LogP contribution in [-0.2, 0) is 0 Å². The quantitative estimate of drug-likeness (QED) is 0.914. The van der Waals surface area contributed by atoms with E-state index < -0.39 is 0 Å². The van der Waals surface area contributed by atoms with E-state index in [9.17, 15) is 4.79 Å². The van der Waals surface area contributed by atoms with Gasteiger partial charge in [-0.05, 0) is 44.9 Å². The first-order valence-electron chi connectivity index (χ1n) is 8.82. The van der Waals surface area contributed by atoms with Crippen LogP contribution in [0.1, 0.15) is 56.2 Å². The van der Waals surface area contributed by atoms with Gasteiger partial charge in [0.15, 0.2) is 5.65 Å². The molecule has 6 nitrogen and oxygen atoms in total. The predicted molar refractivity (Wildman–Crippen MR) is 94.2 cm³/mol. The van der Waals surface area contributed by atoms with Crippen LogP contribution in [0.25, 0.3) is 5.65 Å². The van der Waals surface area contributed by atoms with Crippen molar-refractivity contribution in [3.8, 4) is 0 Å². The van der Waals surface area contributed by atoms with E-state index in [1.54, 1.807) is 0 Å². The van der Waals surface area contributed by atoms with Gasteiger partial charge in [-0.2, -0.15) is 0 Å². The van der Waals surface area contributed by atoms with Gasteiger partial charge in [-0.1, -0.05) is 13.8 Å². The maximum Gasteiger partial charge on any atom is 0.252 e. The smallest absolute Gasteiger partial charge is 0.252 e. The number of rotatable bonds is 5. The number of nitrogens with zero attached hydrogens (tertiary/aromatic N) is 4. The van der Waals surface area contributed by atoms with E-state index in [2.05, 4.69) is 48.1 Å². The van der Waals surface area contributed by atoms with Crippen LogP contribution in [-0.4, -0.2) is 51.1 Å². The first kappa shape index (κ1) is 16.9. The lowest BCUT2D eigenvalue weighted by atomic mass is 10.1. The third kappa shape index (κ3) is 3.43. The van der Waals surface area contributed by atoms with Gasteiger partial charge in [0.05, 0.1) is 5.56 Å². The molecule has 2 aromatic heterocycles. The molecule has 0 saturated carbocycles. The Hall–Kier alpha value is -1.95. The molecular formula is C18H27N5O. The molecule has 0 spiro atoms. The fraction of sp³-hybridized carbons (Fsp3) is 0.611. The normalized spacial score (nSPS) is 18.8. The van der Waals surface area contributed by atoms with Crippen molar-refractivity contribution in [2.24, 2.45) is 5.92 Å². The summed E-state index contributed by atoms with van der Waals surface area (Å²) >= 11 is 0. The van der Waals surface area contributed by atoms with Crippen molar-refractivity contribution in [2.45, 2.75) is 46.1 Å². The highest BCUT2D eigenvalue weighted by atomic mass is 16.1. The minimum atomic E-state index is -0.0412. The Kier molecular flexibility index (Phi) is 4.85. The summed E-state index contributed by atoms with van der Waals surface area (Å²) in [6.07, 6.45) is 2.96. The number of likely N-dealkylation sites (tertiary alicyclic amines) is 1. The van der Waals surface area contributed by atoms with Gasteiger partial charge in [0.2, 0.25) is 0 Å². The SMILES string of the molecule is CC(C)CNC(=O)c1ccc2nnc([C@H]3CCN(C(C)C)C3)n2c1. The Bertz CT molecular complexity index is 721. The summed E-state index contributed by atoms with van der Waals surface area (Å²) in [5.41, 5.74) is 1.45. The number of carbonyl (C=O) groups excluding carboxylic acids is 1. The zero-order chi connectivity index (χ0) is 17.3. The van der Waals surface area contributed by atoms with Crippen LogP contribution in [0.4, 0.5) is 0 Å². The molecular weight excluding hydrogens is 302 g/mol. The highest BCUT2D eigenvalue weighted by molar-refractivity contribution is 5.94. The van der Waals surface area contributed by atoms with Crippen molar-refractivity contribution in [2.75, 3.05) is 19.6 Å². The fourth-order valence-corrected chi connectivity index (χ4v) is 3.19. The van der Waals surface area contributed by atoms with Gasteiger partial charge in [-0.25, -0.2) is 0 Å². The lowest BCUT2D eigenvalue weighted by molar-refractivity contribution is 0.0948. The molecule has 3 rings (SSSR count). The Morgan fingerprint density at radius 1 is 1.29 bits per heavy atom. The predicted octanol–water partition coefficient (Wildman–Crippen LogP) is 2.31. The Labute approximate surface area is 143 Å². The molecule has 3 heterocycles. The Balaban J connectivity index is 1.83. The van der Waals surface area contributed by atoms with E-state index in [1.807, 2.05) is 22.7 Å². The fourth-order valence-electron chi connectivity index (χ4n) is 3.19. The van der Waals surface area contributed by atoms with Crippen LogP contribution in [0.15, 0.2) is 18.3 Å². The highest BCUT2D eigenvalue weighted by Gasteiger charge is 2.29. The molecule has 0 aromatic carbocycles. The molecule has 1 aliphatic heterocycles. The third-order valence-corrected chi connectivity index (χ3v) is 4.68. The molecule has 1 atom stereocenters. The summed E-state index contributed by atoms with van der Waals surface area (Å²) in [5.74, 6) is 1.73. The molecule has 1 fully saturated rings. The zero-order valence-electron chi connectivity index (χ0n) is 15.0. The molecule has 1 aliphatic rings. The van der Waals surface area contributed by atoms with Crippen LogP contribution >= 0.6 is 0 Å². The van der Waals surface area contributed by atoms with Crippen molar-refractivity contribution in [1.82, 2.24) is 24.8 Å². The third-order valence-electron chi connectivity index (χ3n) is 4.68. The number of aromatic nitrogens is 3. The second-order valence-electron chi connectivity index (χ2n) is 7.38. The van der Waals surface area contributed by atoms with E-state index in [1.165, 1.54) is 0 Å². The van der Waals surface area contributed by atoms with E-state index in [4.69, 9.17) is 0 Å². The monoisotopic (exact) mass is 329 g/mol. The molecule has 1 saturated heterocycles. The Morgan fingerprint density at radius 3 is 2.75 bits per heavy atom. The molecule has 0 radical (unpaired) electrons. The van der Waals surface area contributed by atoms with Crippen LogP contribution in [0.3, 0.4) is 0 Å². The number of nitrogens with one attached hydrogen (secondary N) is 1. The van der Waals surface area contributed by atoms with Crippen molar-refractivity contribution in [3.05, 3.63) is 29.7 Å². The lowest BCUT2D eigenvalue weighted by Crippen LogP contribution is -2.28. The second-order valence-corrected chi connectivity index (χ2v) is 7.38. The second kappa shape index (κ2) is 6.89. The van der Waals surface area contributed by atoms with Gasteiger partial charge in [-0.3, -0.25) is 9.20 Å². The molecule has 0 unspecified atom stereocenters. The molecule has 1 N–H and O–H groups in total. The van der Waals surface area contributed by atoms with Crippen molar-refractivity contribution < 1.29 is 4.79 Å². The first-order chi connectivity index (χ1) is 11.5. The minimum absolute atomic E-state index is 0.0412. The van der Waals surface area contributed by atoms with E-state index in [0.717, 1.165) is 31.0 Å². The summed E-state index contributed by atoms with van der Waals surface area (Å²) in [5, 5.41) is 11.6. The van der Waals surface area contributed by atoms with E-state index in [-0.39, 0.29) is 5.91 Å². The lowest BCUT2D eigenvalue weighted by Gasteiger charge is -2.19. The standard InChI is InChI=1S/C18H27N5O/c1-12(2)9-19-18(24)15-5-6-16-20-21-17(23(16)11-15)14-7-8-22(10-14)13(3)4/h5-6,11-14H,7-10H2,1-4H3,(H,19,24)/t14-/m0/s1. The van der Waals surface area contributed by atoms with Gasteiger partial charge >= 0.3 is 0 Å². The molecule has 130 valence electrons. The number of pyridine rings is 1. The topological polar surface area (TPSA) is 62.5 Å². The van der Waals surface area contributed by atoms with Gasteiger partial charge in [0.25, 0.3) is 5.91 Å². The van der Waals surface area contributed by atoms with E-state index in [0.29, 0.717) is 30.0 Å². The van der Waals surface area contributed by atoms with Gasteiger partial charge < -0.3 is 10.2 Å². The van der Waals surface area contributed by atoms with E-state index >= 15 is 0 Å². The number of hydrogen-bond acceptors (Lipinski definition) is 4. The molecule has 0 aliphatic carbocycles. The summed E-state index contributed by atoms with van der Waals surface area (Å²) in [6.45, 7) is 11.4. The summed E-state index contributed by atoms with van der Waals surface area (Å²) in [4.78, 5) is 14.8. The largest absolute Gasteiger partial charge is 0.352 e. The molecule has 2 aromatic rings. The van der Waals surface area contributed by atoms with Gasteiger partial charge in [0, 0.05) is 31.2 Å². The summed E-state index contributed by atoms with van der Waals surface area (Å²) in [6, 6.07) is 4.24. The maximum absolute atomic E-state index is 12.3. The molecule has 6 heteroatoms. The maximum atomic E-state index is 12.3. The van der Waals surface area contributed by atoms with Gasteiger partial charge in [-0.15, -0.1) is 10.2 Å². The van der Waals surface area contributed by atoms with Crippen LogP contribution < -0.4 is 5.32 Å². The van der Waals surface area contributed by atoms with Crippen LogP contribution in [0, 0.1) is 5.92 Å². The van der Waals surface area contributed by atoms with Crippen LogP contribution in [0.2, 0.25) is 0 Å². The summed E-state index contributed by atoms with van der Waals surface area (Å²) < 4.78 is 1.98. The molecule has 0 bridgehead atoms. The first-order valence-corrected chi connectivity index (χ1v) is 8.82. The molecule has 24 heavy (non-hydrogen) atoms. The molecule has 1 amide bonds. The zero-order valence-corrected chi connectivity index (χ0v) is 15.0. The average molecular weight is 329 g/mol. The number of fused-ring (bicyclic) bond motifs is 1. The van der Waals surface area contributed by atoms with Crippen molar-refractivity contribution in [1.29, 1.82) is 0 Å². The number of amides is 1. The summed E-state index contributed by atoms with van der Waals surface area (Å²) in [7, 11) is 0.